The first-order valence-electron chi connectivity index (χ1n) is 8.12. The van der Waals surface area contributed by atoms with Crippen molar-refractivity contribution in [2.24, 2.45) is 5.92 Å². The Kier molecular flexibility index (Phi) is 6.16. The Hall–Kier alpha value is -0.280. The SMILES string of the molecule is CC1CCCC(CCl)(NC(=O)CCC2CCCCO2)C1. The van der Waals surface area contributed by atoms with Gasteiger partial charge in [0.25, 0.3) is 0 Å². The Labute approximate surface area is 127 Å². The molecule has 1 aliphatic carbocycles. The maximum absolute atomic E-state index is 12.2. The van der Waals surface area contributed by atoms with Crippen molar-refractivity contribution >= 4 is 17.5 Å². The fourth-order valence-electron chi connectivity index (χ4n) is 3.61. The van der Waals surface area contributed by atoms with Gasteiger partial charge in [-0.2, -0.15) is 0 Å². The Morgan fingerprint density at radius 3 is 2.85 bits per heavy atom. The number of carbonyl (C=O) groups excluding carboxylic acids is 1. The smallest absolute Gasteiger partial charge is 0.220 e. The maximum Gasteiger partial charge on any atom is 0.220 e. The topological polar surface area (TPSA) is 38.3 Å². The quantitative estimate of drug-likeness (QED) is 0.787. The van der Waals surface area contributed by atoms with Crippen molar-refractivity contribution in [1.82, 2.24) is 5.32 Å². The van der Waals surface area contributed by atoms with Gasteiger partial charge in [-0.15, -0.1) is 11.6 Å². The number of alkyl halides is 1. The first-order chi connectivity index (χ1) is 9.63. The van der Waals surface area contributed by atoms with E-state index in [1.165, 1.54) is 19.3 Å². The normalized spacial score (nSPS) is 34.7. The summed E-state index contributed by atoms with van der Waals surface area (Å²) in [7, 11) is 0. The number of hydrogen-bond acceptors (Lipinski definition) is 2. The largest absolute Gasteiger partial charge is 0.378 e. The minimum atomic E-state index is -0.163. The molecule has 3 nitrogen and oxygen atoms in total. The van der Waals surface area contributed by atoms with Crippen LogP contribution in [0.1, 0.15) is 64.7 Å². The van der Waals surface area contributed by atoms with Crippen LogP contribution in [0.25, 0.3) is 0 Å². The molecule has 4 heteroatoms. The molecule has 2 rings (SSSR count). The number of amides is 1. The number of ether oxygens (including phenoxy) is 1. The molecule has 1 heterocycles. The van der Waals surface area contributed by atoms with Gasteiger partial charge < -0.3 is 10.1 Å². The summed E-state index contributed by atoms with van der Waals surface area (Å²) >= 11 is 6.16. The average Bonchev–Trinajstić information content (AvgIpc) is 2.46. The fourth-order valence-corrected chi connectivity index (χ4v) is 3.92. The van der Waals surface area contributed by atoms with Gasteiger partial charge in [0.1, 0.15) is 0 Å². The van der Waals surface area contributed by atoms with Gasteiger partial charge in [0.2, 0.25) is 5.91 Å². The molecule has 0 aromatic rings. The average molecular weight is 302 g/mol. The summed E-state index contributed by atoms with van der Waals surface area (Å²) in [5, 5.41) is 3.23. The second-order valence-corrected chi connectivity index (χ2v) is 6.96. The fraction of sp³-hybridized carbons (Fsp3) is 0.938. The molecule has 1 aliphatic heterocycles. The third kappa shape index (κ3) is 4.63. The monoisotopic (exact) mass is 301 g/mol. The first-order valence-corrected chi connectivity index (χ1v) is 8.65. The van der Waals surface area contributed by atoms with Gasteiger partial charge in [-0.05, 0) is 44.4 Å². The molecule has 3 atom stereocenters. The van der Waals surface area contributed by atoms with Crippen LogP contribution < -0.4 is 5.32 Å². The lowest BCUT2D eigenvalue weighted by molar-refractivity contribution is -0.124. The van der Waals surface area contributed by atoms with Gasteiger partial charge in [-0.1, -0.05) is 19.8 Å². The van der Waals surface area contributed by atoms with Crippen LogP contribution in [-0.4, -0.2) is 30.0 Å². The lowest BCUT2D eigenvalue weighted by Crippen LogP contribution is -2.52. The van der Waals surface area contributed by atoms with Crippen molar-refractivity contribution < 1.29 is 9.53 Å². The predicted octanol–water partition coefficient (Wildman–Crippen LogP) is 3.64. The predicted molar refractivity (Wildman–Crippen MR) is 82.1 cm³/mol. The number of halogens is 1. The zero-order valence-corrected chi connectivity index (χ0v) is 13.4. The molecule has 0 aromatic carbocycles. The highest BCUT2D eigenvalue weighted by Gasteiger charge is 2.35. The van der Waals surface area contributed by atoms with Crippen LogP contribution in [0.5, 0.6) is 0 Å². The molecule has 20 heavy (non-hydrogen) atoms. The van der Waals surface area contributed by atoms with Gasteiger partial charge in [-0.3, -0.25) is 4.79 Å². The van der Waals surface area contributed by atoms with E-state index in [0.717, 1.165) is 38.7 Å². The molecule has 2 aliphatic rings. The Morgan fingerprint density at radius 1 is 1.35 bits per heavy atom. The molecule has 0 bridgehead atoms. The molecule has 2 fully saturated rings. The number of nitrogens with one attached hydrogen (secondary N) is 1. The third-order valence-corrected chi connectivity index (χ3v) is 5.23. The Balaban J connectivity index is 1.76. The second kappa shape index (κ2) is 7.65. The van der Waals surface area contributed by atoms with Crippen LogP contribution in [0.3, 0.4) is 0 Å². The molecule has 1 saturated carbocycles. The van der Waals surface area contributed by atoms with E-state index in [1.54, 1.807) is 0 Å². The van der Waals surface area contributed by atoms with Gasteiger partial charge in [0.15, 0.2) is 0 Å². The van der Waals surface area contributed by atoms with Gasteiger partial charge >= 0.3 is 0 Å². The van der Waals surface area contributed by atoms with E-state index in [-0.39, 0.29) is 17.6 Å². The maximum atomic E-state index is 12.2. The summed E-state index contributed by atoms with van der Waals surface area (Å²) in [6.45, 7) is 3.11. The molecule has 0 spiro atoms. The van der Waals surface area contributed by atoms with E-state index in [4.69, 9.17) is 16.3 Å². The number of rotatable bonds is 5. The van der Waals surface area contributed by atoms with E-state index in [2.05, 4.69) is 12.2 Å². The molecule has 0 radical (unpaired) electrons. The molecule has 3 unspecified atom stereocenters. The highest BCUT2D eigenvalue weighted by molar-refractivity contribution is 6.18. The van der Waals surface area contributed by atoms with Crippen LogP contribution in [0.2, 0.25) is 0 Å². The third-order valence-electron chi connectivity index (χ3n) is 4.72. The summed E-state index contributed by atoms with van der Waals surface area (Å²) in [4.78, 5) is 12.2. The number of carbonyl (C=O) groups is 1. The molecule has 1 N–H and O–H groups in total. The van der Waals surface area contributed by atoms with Crippen molar-refractivity contribution in [1.29, 1.82) is 0 Å². The van der Waals surface area contributed by atoms with E-state index in [1.807, 2.05) is 0 Å². The standard InChI is InChI=1S/C16H28ClNO2/c1-13-5-4-9-16(11-13,12-17)18-15(19)8-7-14-6-2-3-10-20-14/h13-14H,2-12H2,1H3,(H,18,19). The van der Waals surface area contributed by atoms with Gasteiger partial charge in [-0.25, -0.2) is 0 Å². The van der Waals surface area contributed by atoms with Crippen molar-refractivity contribution in [3.8, 4) is 0 Å². The Bertz CT molecular complexity index is 318. The molecule has 0 aromatic heterocycles. The van der Waals surface area contributed by atoms with Crippen LogP contribution in [0, 0.1) is 5.92 Å². The molecular weight excluding hydrogens is 274 g/mol. The lowest BCUT2D eigenvalue weighted by atomic mass is 9.77. The zero-order chi connectivity index (χ0) is 14.4. The summed E-state index contributed by atoms with van der Waals surface area (Å²) in [6, 6.07) is 0. The van der Waals surface area contributed by atoms with Crippen LogP contribution in [-0.2, 0) is 9.53 Å². The highest BCUT2D eigenvalue weighted by atomic mass is 35.5. The van der Waals surface area contributed by atoms with E-state index < -0.39 is 0 Å². The molecular formula is C16H28ClNO2. The van der Waals surface area contributed by atoms with Crippen molar-refractivity contribution in [3.05, 3.63) is 0 Å². The zero-order valence-electron chi connectivity index (χ0n) is 12.6. The first kappa shape index (κ1) is 16.1. The van der Waals surface area contributed by atoms with Crippen molar-refractivity contribution in [2.45, 2.75) is 76.4 Å². The second-order valence-electron chi connectivity index (χ2n) is 6.69. The summed E-state index contributed by atoms with van der Waals surface area (Å²) in [6.07, 6.45) is 9.65. The number of hydrogen-bond donors (Lipinski definition) is 1. The van der Waals surface area contributed by atoms with Gasteiger partial charge in [0, 0.05) is 18.9 Å². The van der Waals surface area contributed by atoms with Crippen LogP contribution in [0.15, 0.2) is 0 Å². The van der Waals surface area contributed by atoms with E-state index in [9.17, 15) is 4.79 Å². The Morgan fingerprint density at radius 2 is 2.20 bits per heavy atom. The minimum absolute atomic E-state index is 0.147. The summed E-state index contributed by atoms with van der Waals surface area (Å²) in [5.74, 6) is 1.33. The van der Waals surface area contributed by atoms with Crippen LogP contribution >= 0.6 is 11.6 Å². The van der Waals surface area contributed by atoms with Gasteiger partial charge in [0.05, 0.1) is 11.6 Å². The van der Waals surface area contributed by atoms with Crippen molar-refractivity contribution in [2.75, 3.05) is 12.5 Å². The molecule has 1 amide bonds. The molecule has 1 saturated heterocycles. The minimum Gasteiger partial charge on any atom is -0.378 e. The van der Waals surface area contributed by atoms with E-state index >= 15 is 0 Å². The molecule has 116 valence electrons. The highest BCUT2D eigenvalue weighted by Crippen LogP contribution is 2.33. The van der Waals surface area contributed by atoms with Crippen molar-refractivity contribution in [3.63, 3.8) is 0 Å². The summed E-state index contributed by atoms with van der Waals surface area (Å²) in [5.41, 5.74) is -0.163. The lowest BCUT2D eigenvalue weighted by Gasteiger charge is -2.39. The van der Waals surface area contributed by atoms with Crippen LogP contribution in [0.4, 0.5) is 0 Å². The summed E-state index contributed by atoms with van der Waals surface area (Å²) < 4.78 is 5.68. The van der Waals surface area contributed by atoms with E-state index in [0.29, 0.717) is 18.2 Å².